The molecular weight excluding hydrogens is 362 g/mol. The number of nitrogens with zero attached hydrogens (tertiary/aromatic N) is 1. The molecule has 0 fully saturated rings. The molecular formula is C17H18ClN3O3S. The van der Waals surface area contributed by atoms with Gasteiger partial charge in [-0.05, 0) is 17.9 Å². The van der Waals surface area contributed by atoms with Crippen molar-refractivity contribution < 1.29 is 14.3 Å². The number of rotatable bonds is 3. The Morgan fingerprint density at radius 2 is 2.12 bits per heavy atom. The number of halogens is 1. The second kappa shape index (κ2) is 6.31. The minimum Gasteiger partial charge on any atom is -0.496 e. The quantitative estimate of drug-likeness (QED) is 0.791. The van der Waals surface area contributed by atoms with Crippen molar-refractivity contribution in [1.82, 2.24) is 4.98 Å². The number of hydrogen-bond acceptors (Lipinski definition) is 6. The summed E-state index contributed by atoms with van der Waals surface area (Å²) in [5.41, 5.74) is 6.93. The summed E-state index contributed by atoms with van der Waals surface area (Å²) in [6.07, 6.45) is 1.19. The minimum absolute atomic E-state index is 0.0670. The van der Waals surface area contributed by atoms with E-state index in [0.29, 0.717) is 34.3 Å². The van der Waals surface area contributed by atoms with Crippen molar-refractivity contribution in [2.24, 2.45) is 5.41 Å². The number of carbonyl (C=O) groups excluding carboxylic acids is 2. The van der Waals surface area contributed by atoms with Gasteiger partial charge in [-0.3, -0.25) is 14.9 Å². The molecule has 0 bridgehead atoms. The van der Waals surface area contributed by atoms with E-state index < -0.39 is 5.91 Å². The van der Waals surface area contributed by atoms with Gasteiger partial charge in [0.05, 0.1) is 34.0 Å². The monoisotopic (exact) mass is 379 g/mol. The molecule has 1 aromatic heterocycles. The van der Waals surface area contributed by atoms with Crippen LogP contribution in [0.4, 0.5) is 10.8 Å². The highest BCUT2D eigenvalue weighted by molar-refractivity contribution is 7.17. The fourth-order valence-corrected chi connectivity index (χ4v) is 3.93. The van der Waals surface area contributed by atoms with Crippen LogP contribution in [0, 0.1) is 5.41 Å². The van der Waals surface area contributed by atoms with Crippen molar-refractivity contribution in [1.29, 1.82) is 0 Å². The molecule has 0 saturated heterocycles. The lowest BCUT2D eigenvalue weighted by Gasteiger charge is -2.26. The molecule has 1 heterocycles. The zero-order chi connectivity index (χ0) is 18.4. The number of nitrogens with one attached hydrogen (secondary N) is 1. The van der Waals surface area contributed by atoms with Crippen LogP contribution in [-0.4, -0.2) is 23.8 Å². The number of thiazole rings is 1. The molecule has 3 rings (SSSR count). The molecule has 0 radical (unpaired) electrons. The number of ketones is 1. The SMILES string of the molecule is COc1cc(N)c(Cl)cc1C(=O)Nc1nc2c(s1)C(=O)CC(C)(C)C2. The van der Waals surface area contributed by atoms with E-state index in [2.05, 4.69) is 10.3 Å². The van der Waals surface area contributed by atoms with E-state index in [9.17, 15) is 9.59 Å². The second-order valence-electron chi connectivity index (χ2n) is 6.76. The molecule has 1 aliphatic carbocycles. The Hall–Kier alpha value is -2.12. The van der Waals surface area contributed by atoms with Crippen molar-refractivity contribution in [3.8, 4) is 5.75 Å². The Bertz CT molecular complexity index is 876. The molecule has 1 amide bonds. The lowest BCUT2D eigenvalue weighted by atomic mass is 9.78. The van der Waals surface area contributed by atoms with Crippen LogP contribution in [0.1, 0.15) is 46.0 Å². The van der Waals surface area contributed by atoms with E-state index >= 15 is 0 Å². The summed E-state index contributed by atoms with van der Waals surface area (Å²) in [7, 11) is 1.45. The van der Waals surface area contributed by atoms with E-state index in [4.69, 9.17) is 22.1 Å². The molecule has 1 aliphatic rings. The van der Waals surface area contributed by atoms with Crippen molar-refractivity contribution in [2.45, 2.75) is 26.7 Å². The van der Waals surface area contributed by atoms with E-state index in [1.54, 1.807) is 0 Å². The molecule has 132 valence electrons. The molecule has 8 heteroatoms. The van der Waals surface area contributed by atoms with Crippen LogP contribution < -0.4 is 15.8 Å². The molecule has 0 atom stereocenters. The van der Waals surface area contributed by atoms with Gasteiger partial charge in [0.25, 0.3) is 5.91 Å². The largest absolute Gasteiger partial charge is 0.496 e. The molecule has 3 N–H and O–H groups in total. The van der Waals surface area contributed by atoms with Crippen molar-refractivity contribution in [2.75, 3.05) is 18.2 Å². The highest BCUT2D eigenvalue weighted by Crippen LogP contribution is 2.38. The summed E-state index contributed by atoms with van der Waals surface area (Å²) in [6, 6.07) is 2.95. The Kier molecular flexibility index (Phi) is 4.47. The van der Waals surface area contributed by atoms with E-state index in [1.807, 2.05) is 13.8 Å². The summed E-state index contributed by atoms with van der Waals surface area (Å²) < 4.78 is 5.20. The van der Waals surface area contributed by atoms with E-state index in [-0.39, 0.29) is 21.8 Å². The number of nitrogens with two attached hydrogens (primary N) is 1. The Morgan fingerprint density at radius 1 is 1.40 bits per heavy atom. The number of hydrogen-bond donors (Lipinski definition) is 2. The summed E-state index contributed by atoms with van der Waals surface area (Å²) >= 11 is 7.20. The first-order valence-electron chi connectivity index (χ1n) is 7.67. The van der Waals surface area contributed by atoms with Crippen LogP contribution >= 0.6 is 22.9 Å². The highest BCUT2D eigenvalue weighted by Gasteiger charge is 2.34. The number of carbonyl (C=O) groups is 2. The van der Waals surface area contributed by atoms with Gasteiger partial charge in [0.2, 0.25) is 0 Å². The molecule has 2 aromatic rings. The van der Waals surface area contributed by atoms with Gasteiger partial charge in [0.1, 0.15) is 5.75 Å². The smallest absolute Gasteiger partial charge is 0.261 e. The Morgan fingerprint density at radius 3 is 2.80 bits per heavy atom. The summed E-state index contributed by atoms with van der Waals surface area (Å²) in [6.45, 7) is 4.07. The standard InChI is InChI=1S/C17H18ClN3O3S/c1-17(2)6-11-14(12(22)7-17)25-16(20-11)21-15(23)8-4-9(18)10(19)5-13(8)24-3/h4-5H,6-7,19H2,1-3H3,(H,20,21,23). The number of aromatic nitrogens is 1. The fourth-order valence-electron chi connectivity index (χ4n) is 2.85. The first kappa shape index (κ1) is 17.7. The Balaban J connectivity index is 1.88. The number of anilines is 2. The van der Waals surface area contributed by atoms with Crippen molar-refractivity contribution >= 4 is 45.4 Å². The zero-order valence-electron chi connectivity index (χ0n) is 14.1. The number of amides is 1. The number of Topliss-reactive ketones (excluding diaryl/α,β-unsaturated/α-hetero) is 1. The fraction of sp³-hybridized carbons (Fsp3) is 0.353. The van der Waals surface area contributed by atoms with Crippen molar-refractivity contribution in [3.63, 3.8) is 0 Å². The zero-order valence-corrected chi connectivity index (χ0v) is 15.7. The van der Waals surface area contributed by atoms with Crippen LogP contribution in [0.25, 0.3) is 0 Å². The van der Waals surface area contributed by atoms with Gasteiger partial charge < -0.3 is 10.5 Å². The molecule has 0 spiro atoms. The van der Waals surface area contributed by atoms with Gasteiger partial charge in [0.15, 0.2) is 10.9 Å². The average molecular weight is 380 g/mol. The molecule has 1 aromatic carbocycles. The number of nitrogen functional groups attached to an aromatic ring is 1. The Labute approximate surface area is 154 Å². The van der Waals surface area contributed by atoms with Crippen LogP contribution in [0.5, 0.6) is 5.75 Å². The van der Waals surface area contributed by atoms with Crippen LogP contribution in [0.15, 0.2) is 12.1 Å². The van der Waals surface area contributed by atoms with E-state index in [1.165, 1.54) is 30.6 Å². The maximum absolute atomic E-state index is 12.6. The van der Waals surface area contributed by atoms with Crippen molar-refractivity contribution in [3.05, 3.63) is 33.3 Å². The predicted molar refractivity (Wildman–Crippen MR) is 98.9 cm³/mol. The van der Waals surface area contributed by atoms with Gasteiger partial charge in [-0.1, -0.05) is 36.8 Å². The maximum Gasteiger partial charge on any atom is 0.261 e. The second-order valence-corrected chi connectivity index (χ2v) is 8.17. The molecule has 6 nitrogen and oxygen atoms in total. The van der Waals surface area contributed by atoms with Crippen LogP contribution in [-0.2, 0) is 6.42 Å². The van der Waals surface area contributed by atoms with Gasteiger partial charge in [-0.25, -0.2) is 4.98 Å². The highest BCUT2D eigenvalue weighted by atomic mass is 35.5. The average Bonchev–Trinajstić information content (AvgIpc) is 2.90. The normalized spacial score (nSPS) is 15.6. The number of methoxy groups -OCH3 is 1. The molecule has 25 heavy (non-hydrogen) atoms. The lowest BCUT2D eigenvalue weighted by Crippen LogP contribution is -2.26. The maximum atomic E-state index is 12.6. The topological polar surface area (TPSA) is 94.3 Å². The molecule has 0 saturated carbocycles. The minimum atomic E-state index is -0.420. The predicted octanol–water partition coefficient (Wildman–Crippen LogP) is 3.79. The first-order chi connectivity index (χ1) is 11.7. The summed E-state index contributed by atoms with van der Waals surface area (Å²) in [5.74, 6) is -0.0353. The number of fused-ring (bicyclic) bond motifs is 1. The summed E-state index contributed by atoms with van der Waals surface area (Å²) in [5, 5.41) is 3.37. The number of benzene rings is 1. The first-order valence-corrected chi connectivity index (χ1v) is 8.87. The third kappa shape index (κ3) is 3.48. The number of ether oxygens (including phenoxy) is 1. The van der Waals surface area contributed by atoms with Gasteiger partial charge in [-0.15, -0.1) is 0 Å². The van der Waals surface area contributed by atoms with Gasteiger partial charge in [-0.2, -0.15) is 0 Å². The summed E-state index contributed by atoms with van der Waals surface area (Å²) in [4.78, 5) is 29.9. The third-order valence-electron chi connectivity index (χ3n) is 4.02. The van der Waals surface area contributed by atoms with Crippen LogP contribution in [0.3, 0.4) is 0 Å². The van der Waals surface area contributed by atoms with Gasteiger partial charge >= 0.3 is 0 Å². The third-order valence-corrected chi connectivity index (χ3v) is 5.40. The molecule has 0 aliphatic heterocycles. The molecule has 0 unspecified atom stereocenters. The van der Waals surface area contributed by atoms with Gasteiger partial charge in [0, 0.05) is 12.5 Å². The van der Waals surface area contributed by atoms with E-state index in [0.717, 1.165) is 5.69 Å². The van der Waals surface area contributed by atoms with Crippen LogP contribution in [0.2, 0.25) is 5.02 Å². The lowest BCUT2D eigenvalue weighted by molar-refractivity contribution is 0.0915.